The van der Waals surface area contributed by atoms with Crippen molar-refractivity contribution in [3.05, 3.63) is 70.7 Å². The Morgan fingerprint density at radius 3 is 2.58 bits per heavy atom. The molecule has 0 amide bonds. The maximum atomic E-state index is 6.06. The first-order valence-corrected chi connectivity index (χ1v) is 9.42. The van der Waals surface area contributed by atoms with Gasteiger partial charge in [0.1, 0.15) is 12.6 Å². The number of ether oxygens (including phenoxy) is 1. The second kappa shape index (κ2) is 9.22. The number of hydrogen-bond donors (Lipinski definition) is 1. The summed E-state index contributed by atoms with van der Waals surface area (Å²) in [6.45, 7) is 3.18. The van der Waals surface area contributed by atoms with Gasteiger partial charge in [0.25, 0.3) is 0 Å². The molecule has 0 saturated carbocycles. The lowest BCUT2D eigenvalue weighted by molar-refractivity contribution is -0.661. The van der Waals surface area contributed by atoms with Gasteiger partial charge >= 0.3 is 0 Å². The minimum absolute atomic E-state index is 0.466. The molecule has 2 aromatic rings. The lowest BCUT2D eigenvalue weighted by Crippen LogP contribution is -2.86. The molecule has 128 valence electrons. The van der Waals surface area contributed by atoms with E-state index in [1.165, 1.54) is 30.4 Å². The number of rotatable bonds is 8. The lowest BCUT2D eigenvalue weighted by atomic mass is 9.89. The lowest BCUT2D eigenvalue weighted by Gasteiger charge is -2.18. The van der Waals surface area contributed by atoms with Gasteiger partial charge in [-0.05, 0) is 48.4 Å². The second-order valence-electron chi connectivity index (χ2n) is 6.67. The van der Waals surface area contributed by atoms with E-state index in [0.29, 0.717) is 12.0 Å². The molecule has 2 nitrogen and oxygen atoms in total. The molecule has 2 atom stereocenters. The first-order chi connectivity index (χ1) is 11.8. The normalized spacial score (nSPS) is 18.6. The van der Waals surface area contributed by atoms with E-state index in [0.717, 1.165) is 31.1 Å². The minimum atomic E-state index is 0.466. The van der Waals surface area contributed by atoms with Gasteiger partial charge in [-0.2, -0.15) is 0 Å². The van der Waals surface area contributed by atoms with E-state index in [1.807, 2.05) is 12.1 Å². The molecule has 0 spiro atoms. The van der Waals surface area contributed by atoms with Crippen molar-refractivity contribution in [1.82, 2.24) is 0 Å². The van der Waals surface area contributed by atoms with E-state index in [9.17, 15) is 0 Å². The van der Waals surface area contributed by atoms with Crippen LogP contribution in [-0.4, -0.2) is 25.8 Å². The van der Waals surface area contributed by atoms with E-state index >= 15 is 0 Å². The average Bonchev–Trinajstić information content (AvgIpc) is 3.13. The molecule has 2 N–H and O–H groups in total. The van der Waals surface area contributed by atoms with E-state index < -0.39 is 0 Å². The highest BCUT2D eigenvalue weighted by Gasteiger charge is 2.18. The van der Waals surface area contributed by atoms with Crippen molar-refractivity contribution in [3.63, 3.8) is 0 Å². The smallest absolute Gasteiger partial charge is 0.106 e. The van der Waals surface area contributed by atoms with Crippen molar-refractivity contribution in [2.45, 2.75) is 37.7 Å². The van der Waals surface area contributed by atoms with Gasteiger partial charge in [0.05, 0.1) is 6.54 Å². The molecule has 24 heavy (non-hydrogen) atoms. The first kappa shape index (κ1) is 17.5. The third-order valence-corrected chi connectivity index (χ3v) is 5.09. The number of halogens is 1. The highest BCUT2D eigenvalue weighted by Crippen LogP contribution is 2.25. The second-order valence-corrected chi connectivity index (χ2v) is 7.11. The quantitative estimate of drug-likeness (QED) is 0.724. The molecule has 3 rings (SSSR count). The SMILES string of the molecule is Clc1ccc([C@@H](CC[NH2+]C[C@H]2CCCO2)Cc2ccccc2)cc1. The standard InChI is InChI=1S/C21H26ClNO/c22-20-10-8-18(9-11-20)19(15-17-5-2-1-3-6-17)12-13-23-16-21-7-4-14-24-21/h1-3,5-6,8-11,19,21,23H,4,7,12-16H2/p+1/t19-,21+/m0/s1. The van der Waals surface area contributed by atoms with Crippen LogP contribution in [0, 0.1) is 0 Å². The molecular formula is C21H27ClNO+. The van der Waals surface area contributed by atoms with Crippen molar-refractivity contribution in [2.24, 2.45) is 0 Å². The van der Waals surface area contributed by atoms with Crippen LogP contribution in [0.1, 0.15) is 36.3 Å². The molecule has 0 radical (unpaired) electrons. The van der Waals surface area contributed by atoms with Gasteiger partial charge in [0, 0.05) is 18.1 Å². The van der Waals surface area contributed by atoms with Gasteiger partial charge in [-0.25, -0.2) is 0 Å². The van der Waals surface area contributed by atoms with Crippen molar-refractivity contribution in [2.75, 3.05) is 19.7 Å². The zero-order valence-electron chi connectivity index (χ0n) is 14.2. The minimum Gasteiger partial charge on any atom is -0.372 e. The molecule has 0 aliphatic carbocycles. The van der Waals surface area contributed by atoms with E-state index in [-0.39, 0.29) is 0 Å². The number of hydrogen-bond acceptors (Lipinski definition) is 1. The fourth-order valence-electron chi connectivity index (χ4n) is 3.47. The summed E-state index contributed by atoms with van der Waals surface area (Å²) in [7, 11) is 0. The Kier molecular flexibility index (Phi) is 6.71. The van der Waals surface area contributed by atoms with Crippen LogP contribution in [0.5, 0.6) is 0 Å². The van der Waals surface area contributed by atoms with Crippen molar-refractivity contribution >= 4 is 11.6 Å². The van der Waals surface area contributed by atoms with Crippen LogP contribution in [0.2, 0.25) is 5.02 Å². The Bertz CT molecular complexity index is 593. The van der Waals surface area contributed by atoms with Crippen LogP contribution in [0.15, 0.2) is 54.6 Å². The molecule has 1 aliphatic rings. The summed E-state index contributed by atoms with van der Waals surface area (Å²) in [5.41, 5.74) is 2.78. The van der Waals surface area contributed by atoms with Crippen molar-refractivity contribution in [1.29, 1.82) is 0 Å². The summed E-state index contributed by atoms with van der Waals surface area (Å²) in [4.78, 5) is 0. The largest absolute Gasteiger partial charge is 0.372 e. The molecule has 0 bridgehead atoms. The number of benzene rings is 2. The van der Waals surface area contributed by atoms with Crippen LogP contribution < -0.4 is 5.32 Å². The summed E-state index contributed by atoms with van der Waals surface area (Å²) >= 11 is 6.06. The molecule has 3 heteroatoms. The molecule has 2 aromatic carbocycles. The van der Waals surface area contributed by atoms with Crippen molar-refractivity contribution < 1.29 is 10.1 Å². The first-order valence-electron chi connectivity index (χ1n) is 9.04. The van der Waals surface area contributed by atoms with Crippen LogP contribution in [0.4, 0.5) is 0 Å². The highest BCUT2D eigenvalue weighted by molar-refractivity contribution is 6.30. The average molecular weight is 345 g/mol. The molecular weight excluding hydrogens is 318 g/mol. The Morgan fingerprint density at radius 2 is 1.88 bits per heavy atom. The maximum Gasteiger partial charge on any atom is 0.106 e. The predicted octanol–water partition coefficient (Wildman–Crippen LogP) is 3.80. The molecule has 1 heterocycles. The van der Waals surface area contributed by atoms with Gasteiger partial charge in [0.2, 0.25) is 0 Å². The molecule has 1 fully saturated rings. The third kappa shape index (κ3) is 5.34. The fourth-order valence-corrected chi connectivity index (χ4v) is 3.60. The van der Waals surface area contributed by atoms with Gasteiger partial charge in [-0.15, -0.1) is 0 Å². The zero-order valence-corrected chi connectivity index (χ0v) is 14.9. The maximum absolute atomic E-state index is 6.06. The van der Waals surface area contributed by atoms with E-state index in [1.54, 1.807) is 0 Å². The summed E-state index contributed by atoms with van der Waals surface area (Å²) < 4.78 is 5.71. The van der Waals surface area contributed by atoms with Gasteiger partial charge in [-0.3, -0.25) is 0 Å². The molecule has 1 saturated heterocycles. The van der Waals surface area contributed by atoms with Crippen LogP contribution in [0.3, 0.4) is 0 Å². The Hall–Kier alpha value is -1.35. The monoisotopic (exact) mass is 344 g/mol. The summed E-state index contributed by atoms with van der Waals surface area (Å²) in [5.74, 6) is 0.533. The van der Waals surface area contributed by atoms with Gasteiger partial charge in [0.15, 0.2) is 0 Å². The highest BCUT2D eigenvalue weighted by atomic mass is 35.5. The molecule has 0 aromatic heterocycles. The summed E-state index contributed by atoms with van der Waals surface area (Å²) in [6, 6.07) is 19.1. The Labute approximate surface area is 150 Å². The predicted molar refractivity (Wildman–Crippen MR) is 99.6 cm³/mol. The number of quaternary nitrogens is 1. The van der Waals surface area contributed by atoms with Crippen molar-refractivity contribution in [3.8, 4) is 0 Å². The van der Waals surface area contributed by atoms with Gasteiger partial charge < -0.3 is 10.1 Å². The van der Waals surface area contributed by atoms with Crippen LogP contribution in [0.25, 0.3) is 0 Å². The van der Waals surface area contributed by atoms with E-state index in [4.69, 9.17) is 16.3 Å². The third-order valence-electron chi connectivity index (χ3n) is 4.84. The Balaban J connectivity index is 1.57. The Morgan fingerprint density at radius 1 is 1.08 bits per heavy atom. The number of nitrogens with two attached hydrogens (primary N) is 1. The molecule has 1 aliphatic heterocycles. The fraction of sp³-hybridized carbons (Fsp3) is 0.429. The van der Waals surface area contributed by atoms with E-state index in [2.05, 4.69) is 47.8 Å². The zero-order chi connectivity index (χ0) is 16.6. The van der Waals surface area contributed by atoms with Crippen LogP contribution >= 0.6 is 11.6 Å². The van der Waals surface area contributed by atoms with Crippen LogP contribution in [-0.2, 0) is 11.2 Å². The summed E-state index contributed by atoms with van der Waals surface area (Å²) in [5, 5.41) is 3.23. The molecule has 0 unspecified atom stereocenters. The van der Waals surface area contributed by atoms with Gasteiger partial charge in [-0.1, -0.05) is 54.1 Å². The topological polar surface area (TPSA) is 25.8 Å². The summed E-state index contributed by atoms with van der Waals surface area (Å²) in [6.07, 6.45) is 5.16.